The zero-order valence-corrected chi connectivity index (χ0v) is 13.3. The highest BCUT2D eigenvalue weighted by Gasteiger charge is 2.17. The molecule has 2 heterocycles. The van der Waals surface area contributed by atoms with Gasteiger partial charge >= 0.3 is 4.87 Å². The van der Waals surface area contributed by atoms with Gasteiger partial charge in [0.2, 0.25) is 0 Å². The van der Waals surface area contributed by atoms with Gasteiger partial charge in [-0.05, 0) is 36.6 Å². The first-order valence-electron chi connectivity index (χ1n) is 7.20. The second-order valence-corrected chi connectivity index (χ2v) is 6.28. The molecule has 0 bridgehead atoms. The third-order valence-corrected chi connectivity index (χ3v) is 5.00. The molecule has 21 heavy (non-hydrogen) atoms. The Bertz CT molecular complexity index is 690. The van der Waals surface area contributed by atoms with E-state index in [1.54, 1.807) is 7.11 Å². The maximum Gasteiger partial charge on any atom is 0.307 e. The van der Waals surface area contributed by atoms with Gasteiger partial charge in [-0.1, -0.05) is 17.4 Å². The summed E-state index contributed by atoms with van der Waals surface area (Å²) in [5.74, 6) is 0.933. The lowest BCUT2D eigenvalue weighted by atomic mass is 9.99. The second-order valence-electron chi connectivity index (χ2n) is 5.46. The first-order valence-corrected chi connectivity index (χ1v) is 8.08. The van der Waals surface area contributed by atoms with E-state index >= 15 is 0 Å². The van der Waals surface area contributed by atoms with Gasteiger partial charge in [-0.3, -0.25) is 9.69 Å². The molecule has 0 radical (unpaired) electrons. The molecule has 4 nitrogen and oxygen atoms in total. The molecular formula is C16H20N2O2S. The van der Waals surface area contributed by atoms with E-state index in [9.17, 15) is 4.79 Å². The number of hydrogen-bond acceptors (Lipinski definition) is 4. The van der Waals surface area contributed by atoms with Crippen LogP contribution in [0, 0.1) is 6.92 Å². The van der Waals surface area contributed by atoms with Gasteiger partial charge in [0.05, 0.1) is 7.11 Å². The predicted molar refractivity (Wildman–Crippen MR) is 85.3 cm³/mol. The minimum absolute atomic E-state index is 0.148. The van der Waals surface area contributed by atoms with Crippen LogP contribution in [0.5, 0.6) is 5.75 Å². The van der Waals surface area contributed by atoms with Gasteiger partial charge in [-0.2, -0.15) is 0 Å². The zero-order chi connectivity index (χ0) is 14.8. The fourth-order valence-electron chi connectivity index (χ4n) is 2.82. The van der Waals surface area contributed by atoms with Crippen LogP contribution >= 0.6 is 11.3 Å². The molecule has 5 heteroatoms. The Morgan fingerprint density at radius 2 is 2.14 bits per heavy atom. The molecule has 0 unspecified atom stereocenters. The van der Waals surface area contributed by atoms with Crippen LogP contribution in [-0.2, 0) is 19.5 Å². The highest BCUT2D eigenvalue weighted by atomic mass is 32.1. The third-order valence-electron chi connectivity index (χ3n) is 4.12. The highest BCUT2D eigenvalue weighted by molar-refractivity contribution is 7.07. The second kappa shape index (κ2) is 6.03. The molecule has 1 aliphatic rings. The lowest BCUT2D eigenvalue weighted by Crippen LogP contribution is -2.34. The number of ether oxygens (including phenoxy) is 1. The maximum atomic E-state index is 11.7. The van der Waals surface area contributed by atoms with Gasteiger partial charge in [-0.25, -0.2) is 0 Å². The predicted octanol–water partition coefficient (Wildman–Crippen LogP) is 2.29. The largest absolute Gasteiger partial charge is 0.497 e. The molecule has 0 saturated carbocycles. The fraction of sp³-hybridized carbons (Fsp3) is 0.438. The van der Waals surface area contributed by atoms with E-state index in [0.717, 1.165) is 44.0 Å². The van der Waals surface area contributed by atoms with E-state index in [1.165, 1.54) is 22.5 Å². The van der Waals surface area contributed by atoms with Gasteiger partial charge in [0.25, 0.3) is 0 Å². The van der Waals surface area contributed by atoms with Gasteiger partial charge in [0.15, 0.2) is 0 Å². The minimum atomic E-state index is 0.148. The van der Waals surface area contributed by atoms with Gasteiger partial charge in [0, 0.05) is 37.3 Å². The summed E-state index contributed by atoms with van der Waals surface area (Å²) >= 11 is 1.29. The molecule has 0 amide bonds. The summed E-state index contributed by atoms with van der Waals surface area (Å²) in [5.41, 5.74) is 3.82. The van der Waals surface area contributed by atoms with Crippen LogP contribution in [-0.4, -0.2) is 29.7 Å². The minimum Gasteiger partial charge on any atom is -0.497 e. The van der Waals surface area contributed by atoms with Crippen LogP contribution in [0.3, 0.4) is 0 Å². The van der Waals surface area contributed by atoms with E-state index in [-0.39, 0.29) is 4.87 Å². The van der Waals surface area contributed by atoms with Crippen LogP contribution in [0.4, 0.5) is 0 Å². The standard InChI is InChI=1S/C16H20N2O2S/c1-12-11-21-16(19)18(12)8-7-17-6-5-13-9-15(20-2)4-3-14(13)10-17/h3-4,9,11H,5-8,10H2,1-2H3. The molecule has 2 aromatic rings. The highest BCUT2D eigenvalue weighted by Crippen LogP contribution is 2.23. The average Bonchev–Trinajstić information content (AvgIpc) is 2.83. The monoisotopic (exact) mass is 304 g/mol. The summed E-state index contributed by atoms with van der Waals surface area (Å²) in [6, 6.07) is 6.32. The van der Waals surface area contributed by atoms with Crippen molar-refractivity contribution in [2.24, 2.45) is 0 Å². The van der Waals surface area contributed by atoms with Crippen LogP contribution in [0.1, 0.15) is 16.8 Å². The summed E-state index contributed by atoms with van der Waals surface area (Å²) in [6.07, 6.45) is 1.05. The first kappa shape index (κ1) is 14.4. The summed E-state index contributed by atoms with van der Waals surface area (Å²) in [5, 5.41) is 1.93. The Kier molecular flexibility index (Phi) is 4.12. The molecule has 0 spiro atoms. The lowest BCUT2D eigenvalue weighted by molar-refractivity contribution is 0.242. The van der Waals surface area contributed by atoms with Crippen molar-refractivity contribution < 1.29 is 4.74 Å². The molecule has 0 saturated heterocycles. The van der Waals surface area contributed by atoms with Crippen molar-refractivity contribution in [3.8, 4) is 5.75 Å². The first-order chi connectivity index (χ1) is 10.2. The van der Waals surface area contributed by atoms with Crippen molar-refractivity contribution in [2.75, 3.05) is 20.2 Å². The number of benzene rings is 1. The number of methoxy groups -OCH3 is 1. The van der Waals surface area contributed by atoms with E-state index < -0.39 is 0 Å². The quantitative estimate of drug-likeness (QED) is 0.869. The van der Waals surface area contributed by atoms with Crippen molar-refractivity contribution >= 4 is 11.3 Å². The Morgan fingerprint density at radius 3 is 2.86 bits per heavy atom. The molecule has 0 N–H and O–H groups in total. The van der Waals surface area contributed by atoms with Crippen LogP contribution in [0.15, 0.2) is 28.4 Å². The number of thiazole rings is 1. The van der Waals surface area contributed by atoms with Crippen LogP contribution in [0.2, 0.25) is 0 Å². The van der Waals surface area contributed by atoms with Crippen molar-refractivity contribution in [1.29, 1.82) is 0 Å². The van der Waals surface area contributed by atoms with E-state index in [4.69, 9.17) is 4.74 Å². The number of nitrogens with zero attached hydrogens (tertiary/aromatic N) is 2. The van der Waals surface area contributed by atoms with Crippen LogP contribution in [0.25, 0.3) is 0 Å². The molecule has 1 aromatic heterocycles. The maximum absolute atomic E-state index is 11.7. The van der Waals surface area contributed by atoms with E-state index in [0.29, 0.717) is 0 Å². The number of aromatic nitrogens is 1. The summed E-state index contributed by atoms with van der Waals surface area (Å²) in [4.78, 5) is 14.3. The van der Waals surface area contributed by atoms with Crippen molar-refractivity contribution in [2.45, 2.75) is 26.4 Å². The Morgan fingerprint density at radius 1 is 1.29 bits per heavy atom. The molecule has 112 valence electrons. The van der Waals surface area contributed by atoms with Crippen molar-refractivity contribution in [1.82, 2.24) is 9.47 Å². The Balaban J connectivity index is 1.65. The van der Waals surface area contributed by atoms with Gasteiger partial charge in [-0.15, -0.1) is 0 Å². The van der Waals surface area contributed by atoms with Gasteiger partial charge < -0.3 is 9.30 Å². The fourth-order valence-corrected chi connectivity index (χ4v) is 3.58. The summed E-state index contributed by atoms with van der Waals surface area (Å²) in [7, 11) is 1.71. The Hall–Kier alpha value is -1.59. The molecule has 3 rings (SSSR count). The molecular weight excluding hydrogens is 284 g/mol. The van der Waals surface area contributed by atoms with E-state index in [2.05, 4.69) is 17.0 Å². The zero-order valence-electron chi connectivity index (χ0n) is 12.5. The van der Waals surface area contributed by atoms with Crippen LogP contribution < -0.4 is 9.61 Å². The molecule has 1 aromatic carbocycles. The molecule has 0 fully saturated rings. The number of aryl methyl sites for hydroxylation is 1. The van der Waals surface area contributed by atoms with Crippen molar-refractivity contribution in [3.63, 3.8) is 0 Å². The average molecular weight is 304 g/mol. The number of rotatable bonds is 4. The normalized spacial score (nSPS) is 15.0. The third kappa shape index (κ3) is 3.04. The topological polar surface area (TPSA) is 34.5 Å². The lowest BCUT2D eigenvalue weighted by Gasteiger charge is -2.29. The number of fused-ring (bicyclic) bond motifs is 1. The SMILES string of the molecule is COc1ccc2c(c1)CCN(CCn1c(C)csc1=O)C2. The summed E-state index contributed by atoms with van der Waals surface area (Å²) < 4.78 is 7.15. The molecule has 0 atom stereocenters. The van der Waals surface area contributed by atoms with E-state index in [1.807, 2.05) is 22.9 Å². The Labute approximate surface area is 128 Å². The molecule has 1 aliphatic heterocycles. The number of hydrogen-bond donors (Lipinski definition) is 0. The smallest absolute Gasteiger partial charge is 0.307 e. The summed E-state index contributed by atoms with van der Waals surface area (Å²) in [6.45, 7) is 5.69. The van der Waals surface area contributed by atoms with Crippen molar-refractivity contribution in [3.05, 3.63) is 50.1 Å². The van der Waals surface area contributed by atoms with Gasteiger partial charge in [0.1, 0.15) is 5.75 Å². The molecule has 0 aliphatic carbocycles.